The monoisotopic (exact) mass is 417 g/mol. The van der Waals surface area contributed by atoms with Gasteiger partial charge in [0.1, 0.15) is 5.82 Å². The minimum atomic E-state index is -0.375. The summed E-state index contributed by atoms with van der Waals surface area (Å²) < 4.78 is 29.3. The highest BCUT2D eigenvalue weighted by Crippen LogP contribution is 2.32. The summed E-state index contributed by atoms with van der Waals surface area (Å²) in [5, 5.41) is 6.77. The van der Waals surface area contributed by atoms with E-state index in [0.29, 0.717) is 40.6 Å². The topological polar surface area (TPSA) is 86.5 Å². The van der Waals surface area contributed by atoms with Crippen LogP contribution in [0.4, 0.5) is 4.39 Å². The predicted molar refractivity (Wildman–Crippen MR) is 109 cm³/mol. The zero-order chi connectivity index (χ0) is 21.2. The fraction of sp³-hybridized carbons (Fsp3) is 0.0870. The smallest absolute Gasteiger partial charge is 0.258 e. The van der Waals surface area contributed by atoms with Gasteiger partial charge in [-0.2, -0.15) is 4.98 Å². The molecule has 7 nitrogen and oxygen atoms in total. The minimum Gasteiger partial charge on any atom is -0.454 e. The van der Waals surface area contributed by atoms with Crippen molar-refractivity contribution in [3.05, 3.63) is 83.7 Å². The zero-order valence-electron chi connectivity index (χ0n) is 16.2. The Morgan fingerprint density at radius 1 is 0.968 bits per heavy atom. The lowest BCUT2D eigenvalue weighted by Gasteiger charge is -2.06. The van der Waals surface area contributed by atoms with E-state index < -0.39 is 0 Å². The summed E-state index contributed by atoms with van der Waals surface area (Å²) in [7, 11) is 0. The fourth-order valence-electron chi connectivity index (χ4n) is 3.19. The van der Waals surface area contributed by atoms with Gasteiger partial charge in [0.05, 0.1) is 0 Å². The number of rotatable bonds is 5. The van der Waals surface area contributed by atoms with E-state index in [1.54, 1.807) is 36.4 Å². The quantitative estimate of drug-likeness (QED) is 0.524. The van der Waals surface area contributed by atoms with Crippen LogP contribution in [0.25, 0.3) is 22.8 Å². The molecule has 0 radical (unpaired) electrons. The summed E-state index contributed by atoms with van der Waals surface area (Å²) in [4.78, 5) is 16.8. The summed E-state index contributed by atoms with van der Waals surface area (Å²) in [6.07, 6.45) is 0. The Bertz CT molecular complexity index is 1250. The van der Waals surface area contributed by atoms with Crippen molar-refractivity contribution in [2.75, 3.05) is 6.79 Å². The second-order valence-electron chi connectivity index (χ2n) is 6.88. The number of aromatic nitrogens is 2. The number of hydrogen-bond acceptors (Lipinski definition) is 6. The van der Waals surface area contributed by atoms with Crippen LogP contribution in [0.5, 0.6) is 11.5 Å². The Morgan fingerprint density at radius 2 is 1.81 bits per heavy atom. The maximum absolute atomic E-state index is 13.4. The van der Waals surface area contributed by atoms with E-state index in [-0.39, 0.29) is 24.4 Å². The van der Waals surface area contributed by atoms with Gasteiger partial charge in [0.15, 0.2) is 11.5 Å². The second kappa shape index (κ2) is 7.91. The summed E-state index contributed by atoms with van der Waals surface area (Å²) in [5.41, 5.74) is 2.58. The molecule has 0 unspecified atom stereocenters. The first-order valence-electron chi connectivity index (χ1n) is 9.52. The van der Waals surface area contributed by atoms with Gasteiger partial charge >= 0.3 is 0 Å². The molecule has 0 fully saturated rings. The first-order valence-corrected chi connectivity index (χ1v) is 9.52. The van der Waals surface area contributed by atoms with Crippen LogP contribution < -0.4 is 14.8 Å². The standard InChI is InChI=1S/C23H16FN3O4/c24-18-3-1-2-17(11-18)21-26-23(31-27-21)16-7-5-15(6-8-16)22(28)25-12-14-4-9-19-20(10-14)30-13-29-19/h1-11H,12-13H2,(H,25,28). The number of benzene rings is 3. The highest BCUT2D eigenvalue weighted by atomic mass is 19.1. The van der Waals surface area contributed by atoms with Gasteiger partial charge < -0.3 is 19.3 Å². The molecule has 0 saturated carbocycles. The van der Waals surface area contributed by atoms with Crippen LogP contribution in [0.3, 0.4) is 0 Å². The normalized spacial score (nSPS) is 12.0. The maximum Gasteiger partial charge on any atom is 0.258 e. The lowest BCUT2D eigenvalue weighted by Crippen LogP contribution is -2.22. The molecule has 4 aromatic rings. The molecule has 8 heteroatoms. The Hall–Kier alpha value is -4.20. The molecule has 0 aliphatic carbocycles. The van der Waals surface area contributed by atoms with Crippen molar-refractivity contribution in [1.29, 1.82) is 0 Å². The second-order valence-corrected chi connectivity index (χ2v) is 6.88. The summed E-state index contributed by atoms with van der Waals surface area (Å²) in [6.45, 7) is 0.569. The van der Waals surface area contributed by atoms with Gasteiger partial charge in [-0.15, -0.1) is 0 Å². The average Bonchev–Trinajstić information content (AvgIpc) is 3.47. The van der Waals surface area contributed by atoms with Crippen LogP contribution in [-0.2, 0) is 6.54 Å². The van der Waals surface area contributed by atoms with E-state index in [9.17, 15) is 9.18 Å². The maximum atomic E-state index is 13.4. The molecule has 31 heavy (non-hydrogen) atoms. The van der Waals surface area contributed by atoms with E-state index in [1.807, 2.05) is 18.2 Å². The van der Waals surface area contributed by atoms with Crippen molar-refractivity contribution in [2.24, 2.45) is 0 Å². The number of carbonyl (C=O) groups excluding carboxylic acids is 1. The van der Waals surface area contributed by atoms with Crippen molar-refractivity contribution in [2.45, 2.75) is 6.54 Å². The highest BCUT2D eigenvalue weighted by Gasteiger charge is 2.15. The molecular formula is C23H16FN3O4. The van der Waals surface area contributed by atoms with Crippen LogP contribution >= 0.6 is 0 Å². The number of hydrogen-bond donors (Lipinski definition) is 1. The molecule has 1 amide bonds. The number of halogens is 1. The van der Waals surface area contributed by atoms with Crippen molar-refractivity contribution < 1.29 is 23.2 Å². The molecule has 1 aliphatic rings. The third-order valence-electron chi connectivity index (χ3n) is 4.79. The van der Waals surface area contributed by atoms with Crippen LogP contribution in [0, 0.1) is 5.82 Å². The third-order valence-corrected chi connectivity index (χ3v) is 4.79. The minimum absolute atomic E-state index is 0.210. The van der Waals surface area contributed by atoms with Gasteiger partial charge in [-0.05, 0) is 54.1 Å². The fourth-order valence-corrected chi connectivity index (χ4v) is 3.19. The van der Waals surface area contributed by atoms with E-state index in [4.69, 9.17) is 14.0 Å². The average molecular weight is 417 g/mol. The molecule has 1 aliphatic heterocycles. The number of fused-ring (bicyclic) bond motifs is 1. The Balaban J connectivity index is 1.25. The van der Waals surface area contributed by atoms with Gasteiger partial charge in [-0.25, -0.2) is 4.39 Å². The molecule has 154 valence electrons. The van der Waals surface area contributed by atoms with Crippen LogP contribution in [0.1, 0.15) is 15.9 Å². The number of amides is 1. The first kappa shape index (κ1) is 18.8. The van der Waals surface area contributed by atoms with E-state index in [1.165, 1.54) is 12.1 Å². The van der Waals surface area contributed by atoms with Gasteiger partial charge in [0.25, 0.3) is 11.8 Å². The Morgan fingerprint density at radius 3 is 2.65 bits per heavy atom. The number of ether oxygens (including phenoxy) is 2. The molecule has 2 heterocycles. The molecule has 3 aromatic carbocycles. The summed E-state index contributed by atoms with van der Waals surface area (Å²) >= 11 is 0. The molecule has 0 atom stereocenters. The Labute approximate surface area is 176 Å². The molecular weight excluding hydrogens is 401 g/mol. The lowest BCUT2D eigenvalue weighted by atomic mass is 10.1. The molecule has 1 aromatic heterocycles. The zero-order valence-corrected chi connectivity index (χ0v) is 16.2. The summed E-state index contributed by atoms with van der Waals surface area (Å²) in [5.74, 6) is 1.36. The van der Waals surface area contributed by atoms with E-state index >= 15 is 0 Å². The van der Waals surface area contributed by atoms with Gasteiger partial charge in [-0.3, -0.25) is 4.79 Å². The summed E-state index contributed by atoms with van der Waals surface area (Å²) in [6, 6.07) is 18.3. The molecule has 5 rings (SSSR count). The third kappa shape index (κ3) is 3.95. The number of carbonyl (C=O) groups is 1. The van der Waals surface area contributed by atoms with E-state index in [2.05, 4.69) is 15.5 Å². The predicted octanol–water partition coefficient (Wildman–Crippen LogP) is 4.20. The van der Waals surface area contributed by atoms with Gasteiger partial charge in [0, 0.05) is 23.2 Å². The molecule has 0 saturated heterocycles. The van der Waals surface area contributed by atoms with Crippen LogP contribution in [0.15, 0.2) is 71.3 Å². The largest absolute Gasteiger partial charge is 0.454 e. The SMILES string of the molecule is O=C(NCc1ccc2c(c1)OCO2)c1ccc(-c2nc(-c3cccc(F)c3)no2)cc1. The van der Waals surface area contributed by atoms with Gasteiger partial charge in [-0.1, -0.05) is 23.4 Å². The van der Waals surface area contributed by atoms with Gasteiger partial charge in [0.2, 0.25) is 12.6 Å². The molecule has 0 spiro atoms. The van der Waals surface area contributed by atoms with Crippen molar-refractivity contribution >= 4 is 5.91 Å². The van der Waals surface area contributed by atoms with Crippen molar-refractivity contribution in [3.63, 3.8) is 0 Å². The highest BCUT2D eigenvalue weighted by molar-refractivity contribution is 5.94. The molecule has 0 bridgehead atoms. The Kier molecular flexibility index (Phi) is 4.80. The van der Waals surface area contributed by atoms with E-state index in [0.717, 1.165) is 5.56 Å². The molecule has 1 N–H and O–H groups in total. The lowest BCUT2D eigenvalue weighted by molar-refractivity contribution is 0.0951. The number of nitrogens with zero attached hydrogens (tertiary/aromatic N) is 2. The van der Waals surface area contributed by atoms with Crippen molar-refractivity contribution in [1.82, 2.24) is 15.5 Å². The number of nitrogens with one attached hydrogen (secondary N) is 1. The van der Waals surface area contributed by atoms with Crippen molar-refractivity contribution in [3.8, 4) is 34.3 Å². The first-order chi connectivity index (χ1) is 15.2. The van der Waals surface area contributed by atoms with Crippen LogP contribution in [0.2, 0.25) is 0 Å². The van der Waals surface area contributed by atoms with Crippen LogP contribution in [-0.4, -0.2) is 22.8 Å².